The summed E-state index contributed by atoms with van der Waals surface area (Å²) < 4.78 is 1.98. The molecule has 4 aromatic heterocycles. The van der Waals surface area contributed by atoms with Crippen LogP contribution in [0.2, 0.25) is 0 Å². The number of aromatic nitrogens is 5. The molecule has 0 radical (unpaired) electrons. The van der Waals surface area contributed by atoms with Crippen LogP contribution in [0.4, 0.5) is 5.82 Å². The van der Waals surface area contributed by atoms with Crippen LogP contribution in [-0.2, 0) is 13.1 Å². The lowest BCUT2D eigenvalue weighted by Crippen LogP contribution is -2.24. The van der Waals surface area contributed by atoms with Crippen LogP contribution < -0.4 is 4.90 Å². The number of thiazole rings is 1. The maximum Gasteiger partial charge on any atom is 0.176 e. The number of anilines is 1. The van der Waals surface area contributed by atoms with E-state index in [1.807, 2.05) is 56.5 Å². The molecule has 28 heavy (non-hydrogen) atoms. The lowest BCUT2D eigenvalue weighted by Gasteiger charge is -2.23. The maximum atomic E-state index is 4.68. The fraction of sp³-hybridized carbons (Fsp3) is 0.250. The van der Waals surface area contributed by atoms with Gasteiger partial charge in [0.2, 0.25) is 0 Å². The molecular formula is C20H20N6S2. The number of aryl methyl sites for hydroxylation is 2. The van der Waals surface area contributed by atoms with Crippen molar-refractivity contribution in [3.8, 4) is 0 Å². The summed E-state index contributed by atoms with van der Waals surface area (Å²) in [5.41, 5.74) is 4.73. The molecular weight excluding hydrogens is 388 g/mol. The fourth-order valence-corrected chi connectivity index (χ4v) is 4.54. The first-order valence-electron chi connectivity index (χ1n) is 8.88. The van der Waals surface area contributed by atoms with E-state index >= 15 is 0 Å². The van der Waals surface area contributed by atoms with Crippen LogP contribution in [0.5, 0.6) is 0 Å². The van der Waals surface area contributed by atoms with Crippen molar-refractivity contribution >= 4 is 39.3 Å². The molecule has 0 amide bonds. The number of nitrogens with zero attached hydrogens (tertiary/aromatic N) is 6. The summed E-state index contributed by atoms with van der Waals surface area (Å²) >= 11 is 3.25. The largest absolute Gasteiger partial charge is 0.343 e. The van der Waals surface area contributed by atoms with Gasteiger partial charge in [0.15, 0.2) is 15.8 Å². The lowest BCUT2D eigenvalue weighted by molar-refractivity contribution is 0.750. The van der Waals surface area contributed by atoms with E-state index in [1.165, 1.54) is 0 Å². The molecule has 142 valence electrons. The quantitative estimate of drug-likeness (QED) is 0.437. The summed E-state index contributed by atoms with van der Waals surface area (Å²) in [6.45, 7) is 5.28. The summed E-state index contributed by atoms with van der Waals surface area (Å²) in [5.74, 6) is 0.870. The summed E-state index contributed by atoms with van der Waals surface area (Å²) in [6.07, 6.45) is 3.61. The molecule has 0 spiro atoms. The van der Waals surface area contributed by atoms with Crippen molar-refractivity contribution < 1.29 is 0 Å². The van der Waals surface area contributed by atoms with Gasteiger partial charge in [-0.1, -0.05) is 23.9 Å². The van der Waals surface area contributed by atoms with Gasteiger partial charge >= 0.3 is 0 Å². The average molecular weight is 409 g/mol. The Morgan fingerprint density at radius 3 is 2.11 bits per heavy atom. The number of hydrogen-bond donors (Lipinski definition) is 0. The highest BCUT2D eigenvalue weighted by Crippen LogP contribution is 2.33. The highest BCUT2D eigenvalue weighted by Gasteiger charge is 2.18. The third-order valence-electron chi connectivity index (χ3n) is 4.22. The van der Waals surface area contributed by atoms with Crippen molar-refractivity contribution in [1.29, 1.82) is 0 Å². The molecule has 0 fully saturated rings. The van der Waals surface area contributed by atoms with E-state index < -0.39 is 0 Å². The Bertz CT molecular complexity index is 1060. The summed E-state index contributed by atoms with van der Waals surface area (Å²) in [6, 6.07) is 12.2. The van der Waals surface area contributed by atoms with Crippen molar-refractivity contribution in [3.05, 3.63) is 65.5 Å². The van der Waals surface area contributed by atoms with Gasteiger partial charge in [-0.05, 0) is 44.4 Å². The number of pyridine rings is 2. The van der Waals surface area contributed by atoms with Gasteiger partial charge in [0.05, 0.1) is 24.5 Å². The molecule has 0 aliphatic carbocycles. The Morgan fingerprint density at radius 2 is 1.54 bits per heavy atom. The van der Waals surface area contributed by atoms with Crippen molar-refractivity contribution in [2.75, 3.05) is 11.2 Å². The molecule has 0 saturated heterocycles. The lowest BCUT2D eigenvalue weighted by atomic mass is 10.2. The Labute approximate surface area is 172 Å². The van der Waals surface area contributed by atoms with Gasteiger partial charge in [-0.25, -0.2) is 15.0 Å². The Kier molecular flexibility index (Phi) is 5.50. The molecule has 8 heteroatoms. The van der Waals surface area contributed by atoms with E-state index in [1.54, 1.807) is 29.4 Å². The molecule has 4 aromatic rings. The Hall–Kier alpha value is -2.58. The summed E-state index contributed by atoms with van der Waals surface area (Å²) in [7, 11) is 0. The zero-order valence-corrected chi connectivity index (χ0v) is 17.6. The SMILES string of the molecule is CSc1nc2ncnc(N(Cc3cccc(C)n3)Cc3cccc(C)n3)c2s1. The number of thioether (sulfide) groups is 1. The topological polar surface area (TPSA) is 67.7 Å². The van der Waals surface area contributed by atoms with Crippen LogP contribution in [0.25, 0.3) is 10.3 Å². The van der Waals surface area contributed by atoms with Gasteiger partial charge in [0, 0.05) is 11.4 Å². The van der Waals surface area contributed by atoms with Crippen LogP contribution in [0.15, 0.2) is 47.1 Å². The second-order valence-corrected chi connectivity index (χ2v) is 8.48. The number of rotatable bonds is 6. The minimum Gasteiger partial charge on any atom is -0.343 e. The van der Waals surface area contributed by atoms with Gasteiger partial charge < -0.3 is 4.90 Å². The minimum absolute atomic E-state index is 0.635. The minimum atomic E-state index is 0.635. The van der Waals surface area contributed by atoms with Crippen LogP contribution in [-0.4, -0.2) is 31.2 Å². The van der Waals surface area contributed by atoms with Gasteiger partial charge in [0.1, 0.15) is 11.0 Å². The van der Waals surface area contributed by atoms with E-state index in [4.69, 9.17) is 0 Å². The van der Waals surface area contributed by atoms with Crippen molar-refractivity contribution in [2.45, 2.75) is 31.3 Å². The van der Waals surface area contributed by atoms with E-state index in [-0.39, 0.29) is 0 Å². The third kappa shape index (κ3) is 4.13. The van der Waals surface area contributed by atoms with E-state index in [9.17, 15) is 0 Å². The predicted molar refractivity (Wildman–Crippen MR) is 115 cm³/mol. The van der Waals surface area contributed by atoms with Crippen LogP contribution in [0.3, 0.4) is 0 Å². The average Bonchev–Trinajstić information content (AvgIpc) is 3.11. The molecule has 0 aromatic carbocycles. The van der Waals surface area contributed by atoms with Crippen molar-refractivity contribution in [3.63, 3.8) is 0 Å². The van der Waals surface area contributed by atoms with E-state index in [0.29, 0.717) is 13.1 Å². The third-order valence-corrected chi connectivity index (χ3v) is 6.25. The molecule has 4 rings (SSSR count). The first-order chi connectivity index (χ1) is 13.6. The van der Waals surface area contributed by atoms with Crippen LogP contribution in [0.1, 0.15) is 22.8 Å². The second kappa shape index (κ2) is 8.20. The molecule has 0 aliphatic rings. The van der Waals surface area contributed by atoms with Gasteiger partial charge in [0.25, 0.3) is 0 Å². The molecule has 0 bridgehead atoms. The first kappa shape index (κ1) is 18.8. The molecule has 0 N–H and O–H groups in total. The fourth-order valence-electron chi connectivity index (χ4n) is 3.01. The highest BCUT2D eigenvalue weighted by molar-refractivity contribution is 8.00. The van der Waals surface area contributed by atoms with Gasteiger partial charge in [-0.3, -0.25) is 9.97 Å². The number of hydrogen-bond acceptors (Lipinski definition) is 8. The zero-order valence-electron chi connectivity index (χ0n) is 16.0. The molecule has 4 heterocycles. The Morgan fingerprint density at radius 1 is 0.893 bits per heavy atom. The summed E-state index contributed by atoms with van der Waals surface area (Å²) in [4.78, 5) is 25.1. The molecule has 6 nitrogen and oxygen atoms in total. The standard InChI is InChI=1S/C20H20N6S2/c1-13-6-4-8-15(23-13)10-26(11-16-9-5-7-14(2)24-16)19-17-18(21-12-22-19)25-20(27-3)28-17/h4-9,12H,10-11H2,1-3H3. The van der Waals surface area contributed by atoms with Crippen LogP contribution in [0, 0.1) is 13.8 Å². The highest BCUT2D eigenvalue weighted by atomic mass is 32.2. The summed E-state index contributed by atoms with van der Waals surface area (Å²) in [5, 5.41) is 0. The molecule has 0 unspecified atom stereocenters. The smallest absolute Gasteiger partial charge is 0.176 e. The van der Waals surface area contributed by atoms with Crippen LogP contribution >= 0.6 is 23.1 Å². The van der Waals surface area contributed by atoms with Crippen molar-refractivity contribution in [2.24, 2.45) is 0 Å². The molecule has 0 atom stereocenters. The number of fused-ring (bicyclic) bond motifs is 1. The molecule has 0 aliphatic heterocycles. The first-order valence-corrected chi connectivity index (χ1v) is 10.9. The van der Waals surface area contributed by atoms with Gasteiger partial charge in [-0.15, -0.1) is 11.3 Å². The zero-order chi connectivity index (χ0) is 19.5. The Balaban J connectivity index is 1.77. The van der Waals surface area contributed by atoms with Gasteiger partial charge in [-0.2, -0.15) is 0 Å². The van der Waals surface area contributed by atoms with E-state index in [2.05, 4.69) is 29.8 Å². The van der Waals surface area contributed by atoms with Crippen molar-refractivity contribution in [1.82, 2.24) is 24.9 Å². The molecule has 0 saturated carbocycles. The maximum absolute atomic E-state index is 4.68. The second-order valence-electron chi connectivity index (χ2n) is 6.43. The normalized spacial score (nSPS) is 11.1. The predicted octanol–water partition coefficient (Wildman–Crippen LogP) is 4.42. The van der Waals surface area contributed by atoms with E-state index in [0.717, 1.165) is 43.3 Å². The monoisotopic (exact) mass is 408 g/mol.